The predicted octanol–water partition coefficient (Wildman–Crippen LogP) is 3.89. The molecule has 0 saturated heterocycles. The van der Waals surface area contributed by atoms with Crippen molar-refractivity contribution in [2.75, 3.05) is 26.6 Å². The molecule has 0 amide bonds. The zero-order valence-corrected chi connectivity index (χ0v) is 16.2. The Hall–Kier alpha value is -3.94. The molecular weight excluding hydrogens is 372 g/mol. The second kappa shape index (κ2) is 7.59. The number of para-hydroxylation sites is 1. The van der Waals surface area contributed by atoms with E-state index in [1.54, 1.807) is 12.1 Å². The fourth-order valence-corrected chi connectivity index (χ4v) is 3.17. The fraction of sp³-hybridized carbons (Fsp3) is 0.143. The number of aromatic nitrogens is 3. The number of fused-ring (bicyclic) bond motifs is 1. The van der Waals surface area contributed by atoms with Gasteiger partial charge in [0.25, 0.3) is 0 Å². The third-order valence-electron chi connectivity index (χ3n) is 4.59. The molecule has 0 aliphatic rings. The van der Waals surface area contributed by atoms with E-state index >= 15 is 0 Å². The molecule has 0 bridgehead atoms. The van der Waals surface area contributed by atoms with Crippen molar-refractivity contribution in [1.29, 1.82) is 0 Å². The Bertz CT molecular complexity index is 1150. The number of ketones is 1. The maximum Gasteiger partial charge on any atom is 0.211 e. The molecule has 0 saturated carbocycles. The zero-order chi connectivity index (χ0) is 20.4. The number of nitrogens with zero attached hydrogens (tertiary/aromatic N) is 1. The first-order chi connectivity index (χ1) is 14.1. The van der Waals surface area contributed by atoms with E-state index in [4.69, 9.17) is 14.2 Å². The Labute approximate surface area is 166 Å². The summed E-state index contributed by atoms with van der Waals surface area (Å²) in [4.78, 5) is 23.4. The summed E-state index contributed by atoms with van der Waals surface area (Å²) in [5, 5.41) is 4.23. The van der Waals surface area contributed by atoms with Gasteiger partial charge >= 0.3 is 0 Å². The molecule has 0 aliphatic heterocycles. The highest BCUT2D eigenvalue weighted by Gasteiger charge is 2.19. The number of imidazole rings is 1. The molecule has 2 heterocycles. The van der Waals surface area contributed by atoms with E-state index in [1.807, 2.05) is 30.5 Å². The standard InChI is InChI=1S/C21H20N4O4/c1-27-17-8-12(9-18(28-2)20(17)29-3)19(26)16-11-23-21(25-16)24-15-10-22-14-7-5-4-6-13(14)15/h4-11,22H,1-3H3,(H2,23,24,25). The first-order valence-electron chi connectivity index (χ1n) is 8.87. The van der Waals surface area contributed by atoms with Crippen LogP contribution >= 0.6 is 0 Å². The third-order valence-corrected chi connectivity index (χ3v) is 4.59. The highest BCUT2D eigenvalue weighted by atomic mass is 16.5. The van der Waals surface area contributed by atoms with Crippen molar-refractivity contribution in [1.82, 2.24) is 15.0 Å². The van der Waals surface area contributed by atoms with E-state index < -0.39 is 0 Å². The summed E-state index contributed by atoms with van der Waals surface area (Å²) in [6.45, 7) is 0. The molecular formula is C21H20N4O4. The van der Waals surface area contributed by atoms with Gasteiger partial charge in [-0.3, -0.25) is 4.79 Å². The molecule has 4 rings (SSSR count). The zero-order valence-electron chi connectivity index (χ0n) is 16.2. The summed E-state index contributed by atoms with van der Waals surface area (Å²) in [6.07, 6.45) is 3.34. The number of hydrogen-bond donors (Lipinski definition) is 3. The van der Waals surface area contributed by atoms with Crippen LogP contribution in [0.4, 0.5) is 11.6 Å². The average molecular weight is 392 g/mol. The Kier molecular flexibility index (Phi) is 4.82. The van der Waals surface area contributed by atoms with Crippen LogP contribution in [0.1, 0.15) is 16.1 Å². The highest BCUT2D eigenvalue weighted by molar-refractivity contribution is 6.08. The van der Waals surface area contributed by atoms with Gasteiger partial charge in [0, 0.05) is 22.7 Å². The minimum Gasteiger partial charge on any atom is -0.493 e. The van der Waals surface area contributed by atoms with Crippen molar-refractivity contribution in [3.05, 3.63) is 60.0 Å². The average Bonchev–Trinajstić information content (AvgIpc) is 3.40. The summed E-state index contributed by atoms with van der Waals surface area (Å²) >= 11 is 0. The van der Waals surface area contributed by atoms with Gasteiger partial charge in [-0.1, -0.05) is 18.2 Å². The van der Waals surface area contributed by atoms with E-state index in [-0.39, 0.29) is 5.78 Å². The van der Waals surface area contributed by atoms with Gasteiger partial charge in [0.1, 0.15) is 5.69 Å². The number of carbonyl (C=O) groups excluding carboxylic acids is 1. The molecule has 3 N–H and O–H groups in total. The molecule has 0 unspecified atom stereocenters. The van der Waals surface area contributed by atoms with Crippen LogP contribution in [0.5, 0.6) is 17.2 Å². The molecule has 2 aromatic heterocycles. The number of carbonyl (C=O) groups is 1. The number of aromatic amines is 2. The monoisotopic (exact) mass is 392 g/mol. The predicted molar refractivity (Wildman–Crippen MR) is 110 cm³/mol. The molecule has 8 heteroatoms. The smallest absolute Gasteiger partial charge is 0.211 e. The van der Waals surface area contributed by atoms with E-state index in [1.165, 1.54) is 27.5 Å². The van der Waals surface area contributed by atoms with Crippen LogP contribution in [0.15, 0.2) is 48.8 Å². The highest BCUT2D eigenvalue weighted by Crippen LogP contribution is 2.38. The molecule has 0 fully saturated rings. The molecule has 2 aromatic carbocycles. The number of anilines is 2. The Morgan fingerprint density at radius 3 is 2.45 bits per heavy atom. The number of nitrogens with one attached hydrogen (secondary N) is 3. The van der Waals surface area contributed by atoms with Crippen molar-refractivity contribution in [3.8, 4) is 17.2 Å². The lowest BCUT2D eigenvalue weighted by molar-refractivity contribution is 0.103. The first-order valence-corrected chi connectivity index (χ1v) is 8.87. The number of hydrogen-bond acceptors (Lipinski definition) is 6. The van der Waals surface area contributed by atoms with E-state index in [9.17, 15) is 4.79 Å². The van der Waals surface area contributed by atoms with E-state index in [2.05, 4.69) is 20.3 Å². The Morgan fingerprint density at radius 2 is 1.76 bits per heavy atom. The Morgan fingerprint density at radius 1 is 1.03 bits per heavy atom. The van der Waals surface area contributed by atoms with Crippen molar-refractivity contribution in [2.24, 2.45) is 0 Å². The van der Waals surface area contributed by atoms with Gasteiger partial charge in [0.2, 0.25) is 17.5 Å². The van der Waals surface area contributed by atoms with Crippen molar-refractivity contribution >= 4 is 28.3 Å². The molecule has 0 atom stereocenters. The number of rotatable bonds is 7. The molecule has 29 heavy (non-hydrogen) atoms. The lowest BCUT2D eigenvalue weighted by Gasteiger charge is -2.13. The normalized spacial score (nSPS) is 10.7. The largest absolute Gasteiger partial charge is 0.493 e. The number of ether oxygens (including phenoxy) is 3. The number of H-pyrrole nitrogens is 2. The van der Waals surface area contributed by atoms with Crippen LogP contribution in [0.2, 0.25) is 0 Å². The topological polar surface area (TPSA) is 101 Å². The second-order valence-electron chi connectivity index (χ2n) is 6.26. The van der Waals surface area contributed by atoms with E-state index in [0.717, 1.165) is 16.6 Å². The van der Waals surface area contributed by atoms with Crippen molar-refractivity contribution in [2.45, 2.75) is 0 Å². The van der Waals surface area contributed by atoms with Crippen LogP contribution in [0.25, 0.3) is 10.9 Å². The Balaban J connectivity index is 1.62. The summed E-state index contributed by atoms with van der Waals surface area (Å²) in [6, 6.07) is 11.1. The van der Waals surface area contributed by atoms with Crippen LogP contribution in [-0.4, -0.2) is 42.1 Å². The number of benzene rings is 2. The quantitative estimate of drug-likeness (QED) is 0.413. The lowest BCUT2D eigenvalue weighted by atomic mass is 10.1. The van der Waals surface area contributed by atoms with Gasteiger partial charge < -0.3 is 29.5 Å². The van der Waals surface area contributed by atoms with Gasteiger partial charge in [0.05, 0.1) is 33.2 Å². The molecule has 8 nitrogen and oxygen atoms in total. The third kappa shape index (κ3) is 3.36. The summed E-state index contributed by atoms with van der Waals surface area (Å²) in [5.41, 5.74) is 2.60. The fourth-order valence-electron chi connectivity index (χ4n) is 3.17. The van der Waals surface area contributed by atoms with Crippen LogP contribution in [0, 0.1) is 0 Å². The van der Waals surface area contributed by atoms with Crippen molar-refractivity contribution < 1.29 is 19.0 Å². The molecule has 4 aromatic rings. The van der Waals surface area contributed by atoms with Crippen LogP contribution in [-0.2, 0) is 0 Å². The van der Waals surface area contributed by atoms with Gasteiger partial charge in [-0.15, -0.1) is 0 Å². The van der Waals surface area contributed by atoms with Crippen LogP contribution < -0.4 is 19.5 Å². The molecule has 0 aliphatic carbocycles. The SMILES string of the molecule is COc1cc(C(=O)c2cnc(Nc3c[nH]c4ccccc34)[nH]2)cc(OC)c1OC. The molecule has 148 valence electrons. The molecule has 0 spiro atoms. The van der Waals surface area contributed by atoms with Gasteiger partial charge in [-0.2, -0.15) is 0 Å². The minimum absolute atomic E-state index is 0.247. The second-order valence-corrected chi connectivity index (χ2v) is 6.26. The van der Waals surface area contributed by atoms with Crippen molar-refractivity contribution in [3.63, 3.8) is 0 Å². The maximum absolute atomic E-state index is 13.0. The summed E-state index contributed by atoms with van der Waals surface area (Å²) < 4.78 is 15.9. The van der Waals surface area contributed by atoms with E-state index in [0.29, 0.717) is 34.5 Å². The van der Waals surface area contributed by atoms with Gasteiger partial charge in [0.15, 0.2) is 11.5 Å². The number of methoxy groups -OCH3 is 3. The van der Waals surface area contributed by atoms with Gasteiger partial charge in [-0.25, -0.2) is 4.98 Å². The molecule has 0 radical (unpaired) electrons. The maximum atomic E-state index is 13.0. The van der Waals surface area contributed by atoms with Gasteiger partial charge in [-0.05, 0) is 18.2 Å². The minimum atomic E-state index is -0.247. The van der Waals surface area contributed by atoms with Crippen LogP contribution in [0.3, 0.4) is 0 Å². The lowest BCUT2D eigenvalue weighted by Crippen LogP contribution is -2.04. The summed E-state index contributed by atoms with van der Waals surface area (Å²) in [7, 11) is 4.52. The summed E-state index contributed by atoms with van der Waals surface area (Å²) in [5.74, 6) is 1.46. The first kappa shape index (κ1) is 18.4.